The molecule has 0 amide bonds. The predicted molar refractivity (Wildman–Crippen MR) is 98.2 cm³/mol. The fraction of sp³-hybridized carbons (Fsp3) is 0.667. The first-order valence-electron chi connectivity index (χ1n) is 9.91. The molecular formula is C21H30N2O2. The lowest BCUT2D eigenvalue weighted by molar-refractivity contribution is -0.148. The molecule has 3 saturated heterocycles. The van der Waals surface area contributed by atoms with E-state index in [9.17, 15) is 4.79 Å². The average molecular weight is 342 g/mol. The highest BCUT2D eigenvalue weighted by Gasteiger charge is 2.56. The molecule has 4 heteroatoms. The Morgan fingerprint density at radius 3 is 2.68 bits per heavy atom. The third-order valence-corrected chi connectivity index (χ3v) is 6.60. The van der Waals surface area contributed by atoms with Crippen molar-refractivity contribution in [2.45, 2.75) is 57.2 Å². The fourth-order valence-electron chi connectivity index (χ4n) is 5.41. The number of fused-ring (bicyclic) bond motifs is 2. The van der Waals surface area contributed by atoms with Gasteiger partial charge in [0.2, 0.25) is 0 Å². The van der Waals surface area contributed by atoms with Gasteiger partial charge in [-0.3, -0.25) is 14.6 Å². The standard InChI is InChI=1S/C21H30N2O2/c1-2-25-20(24)18-15-21(23-12-6-9-19(18)23)10-13-22(14-11-21)16-17-7-4-3-5-8-17/h3-5,7-8,18-19H,2,6,9-16H2,1H3/t18-,19-/m0/s1. The second-order valence-corrected chi connectivity index (χ2v) is 7.95. The Balaban J connectivity index is 1.42. The van der Waals surface area contributed by atoms with Crippen LogP contribution in [0.25, 0.3) is 0 Å². The number of ether oxygens (including phenoxy) is 1. The van der Waals surface area contributed by atoms with Gasteiger partial charge in [-0.2, -0.15) is 0 Å². The van der Waals surface area contributed by atoms with Crippen LogP contribution in [0.15, 0.2) is 30.3 Å². The van der Waals surface area contributed by atoms with Crippen molar-refractivity contribution in [1.82, 2.24) is 9.80 Å². The number of nitrogens with zero attached hydrogens (tertiary/aromatic N) is 2. The van der Waals surface area contributed by atoms with Gasteiger partial charge in [0.05, 0.1) is 12.5 Å². The van der Waals surface area contributed by atoms with Crippen molar-refractivity contribution in [3.8, 4) is 0 Å². The van der Waals surface area contributed by atoms with E-state index < -0.39 is 0 Å². The molecule has 1 aromatic rings. The second kappa shape index (κ2) is 7.08. The minimum absolute atomic E-state index is 0.0444. The molecule has 2 atom stereocenters. The van der Waals surface area contributed by atoms with E-state index in [-0.39, 0.29) is 17.4 Å². The van der Waals surface area contributed by atoms with Gasteiger partial charge < -0.3 is 4.74 Å². The number of piperidine rings is 1. The van der Waals surface area contributed by atoms with Crippen molar-refractivity contribution in [2.75, 3.05) is 26.2 Å². The summed E-state index contributed by atoms with van der Waals surface area (Å²) in [6.07, 6.45) is 5.78. The van der Waals surface area contributed by atoms with E-state index in [1.54, 1.807) is 0 Å². The number of rotatable bonds is 4. The number of carbonyl (C=O) groups excluding carboxylic acids is 1. The number of likely N-dealkylation sites (tertiary alicyclic amines) is 1. The smallest absolute Gasteiger partial charge is 0.310 e. The van der Waals surface area contributed by atoms with Gasteiger partial charge in [-0.1, -0.05) is 30.3 Å². The molecule has 0 aromatic heterocycles. The monoisotopic (exact) mass is 342 g/mol. The Bertz CT molecular complexity index is 595. The summed E-state index contributed by atoms with van der Waals surface area (Å²) in [5.41, 5.74) is 1.64. The minimum atomic E-state index is 0.0444. The van der Waals surface area contributed by atoms with Crippen molar-refractivity contribution >= 4 is 5.97 Å². The first-order valence-corrected chi connectivity index (χ1v) is 9.91. The zero-order chi connectivity index (χ0) is 17.3. The number of hydrogen-bond acceptors (Lipinski definition) is 4. The molecule has 0 aliphatic carbocycles. The van der Waals surface area contributed by atoms with Crippen LogP contribution in [-0.2, 0) is 16.1 Å². The van der Waals surface area contributed by atoms with Gasteiger partial charge in [0.15, 0.2) is 0 Å². The lowest BCUT2D eigenvalue weighted by Crippen LogP contribution is -2.52. The highest BCUT2D eigenvalue weighted by molar-refractivity contribution is 5.74. The van der Waals surface area contributed by atoms with E-state index >= 15 is 0 Å². The molecule has 3 aliphatic heterocycles. The summed E-state index contributed by atoms with van der Waals surface area (Å²) >= 11 is 0. The van der Waals surface area contributed by atoms with E-state index in [0.717, 1.165) is 26.1 Å². The molecule has 1 aromatic carbocycles. The van der Waals surface area contributed by atoms with Crippen LogP contribution in [0.2, 0.25) is 0 Å². The van der Waals surface area contributed by atoms with Gasteiger partial charge in [0.25, 0.3) is 0 Å². The molecule has 3 aliphatic rings. The van der Waals surface area contributed by atoms with Gasteiger partial charge in [-0.15, -0.1) is 0 Å². The van der Waals surface area contributed by atoms with E-state index in [2.05, 4.69) is 40.1 Å². The summed E-state index contributed by atoms with van der Waals surface area (Å²) in [6, 6.07) is 11.2. The van der Waals surface area contributed by atoms with E-state index in [1.807, 2.05) is 6.92 Å². The van der Waals surface area contributed by atoms with Crippen molar-refractivity contribution in [1.29, 1.82) is 0 Å². The maximum atomic E-state index is 12.5. The molecule has 0 bridgehead atoms. The van der Waals surface area contributed by atoms with Crippen LogP contribution in [0, 0.1) is 5.92 Å². The third-order valence-electron chi connectivity index (χ3n) is 6.60. The first kappa shape index (κ1) is 17.0. The van der Waals surface area contributed by atoms with Gasteiger partial charge in [-0.25, -0.2) is 0 Å². The molecule has 4 nitrogen and oxygen atoms in total. The van der Waals surface area contributed by atoms with Crippen LogP contribution in [0.5, 0.6) is 0 Å². The van der Waals surface area contributed by atoms with Crippen LogP contribution >= 0.6 is 0 Å². The Kier molecular flexibility index (Phi) is 4.83. The largest absolute Gasteiger partial charge is 0.466 e. The Morgan fingerprint density at radius 2 is 1.96 bits per heavy atom. The van der Waals surface area contributed by atoms with Gasteiger partial charge in [0, 0.05) is 31.2 Å². The molecule has 25 heavy (non-hydrogen) atoms. The maximum absolute atomic E-state index is 12.5. The Hall–Kier alpha value is -1.39. The Morgan fingerprint density at radius 1 is 1.20 bits per heavy atom. The molecule has 3 heterocycles. The lowest BCUT2D eigenvalue weighted by Gasteiger charge is -2.45. The maximum Gasteiger partial charge on any atom is 0.310 e. The molecule has 0 radical (unpaired) electrons. The summed E-state index contributed by atoms with van der Waals surface area (Å²) in [7, 11) is 0. The molecule has 4 rings (SSSR count). The highest BCUT2D eigenvalue weighted by Crippen LogP contribution is 2.49. The SMILES string of the molecule is CCOC(=O)[C@H]1CC2(CCN(Cc3ccccc3)CC2)N2CCC[C@@H]12. The van der Waals surface area contributed by atoms with Gasteiger partial charge >= 0.3 is 5.97 Å². The summed E-state index contributed by atoms with van der Waals surface area (Å²) in [5, 5.41) is 0. The predicted octanol–water partition coefficient (Wildman–Crippen LogP) is 3.07. The summed E-state index contributed by atoms with van der Waals surface area (Å²) in [4.78, 5) is 17.7. The van der Waals surface area contributed by atoms with E-state index in [1.165, 1.54) is 37.8 Å². The highest BCUT2D eigenvalue weighted by atomic mass is 16.5. The molecule has 0 saturated carbocycles. The molecule has 3 fully saturated rings. The van der Waals surface area contributed by atoms with Crippen molar-refractivity contribution in [3.05, 3.63) is 35.9 Å². The van der Waals surface area contributed by atoms with Crippen LogP contribution in [0.1, 0.15) is 44.6 Å². The fourth-order valence-corrected chi connectivity index (χ4v) is 5.41. The van der Waals surface area contributed by atoms with Crippen LogP contribution in [0.3, 0.4) is 0 Å². The topological polar surface area (TPSA) is 32.8 Å². The van der Waals surface area contributed by atoms with Gasteiger partial charge in [-0.05, 0) is 51.1 Å². The number of carbonyl (C=O) groups is 1. The second-order valence-electron chi connectivity index (χ2n) is 7.95. The van der Waals surface area contributed by atoms with Crippen molar-refractivity contribution in [2.24, 2.45) is 5.92 Å². The molecule has 0 N–H and O–H groups in total. The summed E-state index contributed by atoms with van der Waals surface area (Å²) < 4.78 is 5.39. The molecule has 0 unspecified atom stereocenters. The van der Waals surface area contributed by atoms with Crippen LogP contribution in [0.4, 0.5) is 0 Å². The number of hydrogen-bond donors (Lipinski definition) is 0. The van der Waals surface area contributed by atoms with Crippen LogP contribution < -0.4 is 0 Å². The summed E-state index contributed by atoms with van der Waals surface area (Å²) in [5.74, 6) is 0.145. The van der Waals surface area contributed by atoms with Gasteiger partial charge in [0.1, 0.15) is 0 Å². The zero-order valence-corrected chi connectivity index (χ0v) is 15.3. The zero-order valence-electron chi connectivity index (χ0n) is 15.3. The van der Waals surface area contributed by atoms with E-state index in [0.29, 0.717) is 12.6 Å². The van der Waals surface area contributed by atoms with Crippen molar-refractivity contribution in [3.63, 3.8) is 0 Å². The minimum Gasteiger partial charge on any atom is -0.466 e. The molecule has 1 spiro atoms. The normalized spacial score (nSPS) is 29.0. The average Bonchev–Trinajstić information content (AvgIpc) is 3.22. The number of benzene rings is 1. The van der Waals surface area contributed by atoms with Crippen LogP contribution in [-0.4, -0.2) is 53.6 Å². The molecular weight excluding hydrogens is 312 g/mol. The number of esters is 1. The molecule has 136 valence electrons. The first-order chi connectivity index (χ1) is 12.2. The Labute approximate surface area is 151 Å². The lowest BCUT2D eigenvalue weighted by atomic mass is 9.81. The van der Waals surface area contributed by atoms with Crippen molar-refractivity contribution < 1.29 is 9.53 Å². The third kappa shape index (κ3) is 3.22. The summed E-state index contributed by atoms with van der Waals surface area (Å²) in [6.45, 7) is 6.89. The quantitative estimate of drug-likeness (QED) is 0.788. The van der Waals surface area contributed by atoms with E-state index in [4.69, 9.17) is 4.74 Å².